The molecule has 0 saturated carbocycles. The third-order valence-electron chi connectivity index (χ3n) is 5.96. The minimum atomic E-state index is -0.678. The summed E-state index contributed by atoms with van der Waals surface area (Å²) in [6.07, 6.45) is 1.51. The highest BCUT2D eigenvalue weighted by molar-refractivity contribution is 7.99. The van der Waals surface area contributed by atoms with E-state index in [9.17, 15) is 9.59 Å². The fourth-order valence-electron chi connectivity index (χ4n) is 3.75. The number of carbonyl (C=O) groups excluding carboxylic acids is 2. The topological polar surface area (TPSA) is 49.4 Å². The maximum absolute atomic E-state index is 13.7. The monoisotopic (exact) mass is 542 g/mol. The van der Waals surface area contributed by atoms with Gasteiger partial charge >= 0.3 is 0 Å². The van der Waals surface area contributed by atoms with E-state index in [1.807, 2.05) is 80.6 Å². The SMILES string of the molecule is CC[C@@H](C)NC(=O)[C@H](Cc1ccccc1)N(Cc1ccc(Cl)cc1Cl)C(=O)CCSc1ccccc1. The van der Waals surface area contributed by atoms with Crippen LogP contribution in [0.1, 0.15) is 37.8 Å². The molecule has 0 aliphatic carbocycles. The summed E-state index contributed by atoms with van der Waals surface area (Å²) in [4.78, 5) is 30.0. The molecule has 0 spiro atoms. The van der Waals surface area contributed by atoms with Crippen molar-refractivity contribution in [3.05, 3.63) is 100 Å². The van der Waals surface area contributed by atoms with Gasteiger partial charge in [-0.2, -0.15) is 0 Å². The molecule has 0 aliphatic heterocycles. The summed E-state index contributed by atoms with van der Waals surface area (Å²) < 4.78 is 0. The van der Waals surface area contributed by atoms with Crippen molar-refractivity contribution < 1.29 is 9.59 Å². The third kappa shape index (κ3) is 8.58. The molecule has 2 amide bonds. The Morgan fingerprint density at radius 1 is 0.972 bits per heavy atom. The lowest BCUT2D eigenvalue weighted by molar-refractivity contribution is -0.141. The lowest BCUT2D eigenvalue weighted by atomic mass is 10.0. The zero-order chi connectivity index (χ0) is 25.9. The minimum Gasteiger partial charge on any atom is -0.352 e. The van der Waals surface area contributed by atoms with Crippen molar-refractivity contribution in [3.8, 4) is 0 Å². The van der Waals surface area contributed by atoms with Gasteiger partial charge in [0, 0.05) is 46.1 Å². The van der Waals surface area contributed by atoms with Crippen molar-refractivity contribution in [1.29, 1.82) is 0 Å². The first kappa shape index (κ1) is 28.1. The average Bonchev–Trinajstić information content (AvgIpc) is 2.88. The predicted octanol–water partition coefficient (Wildman–Crippen LogP) is 7.03. The fourth-order valence-corrected chi connectivity index (χ4v) is 5.08. The van der Waals surface area contributed by atoms with E-state index in [1.54, 1.807) is 28.8 Å². The lowest BCUT2D eigenvalue weighted by Gasteiger charge is -2.32. The van der Waals surface area contributed by atoms with Crippen LogP contribution in [0.25, 0.3) is 0 Å². The summed E-state index contributed by atoms with van der Waals surface area (Å²) in [5.74, 6) is 0.352. The molecular weight excluding hydrogens is 511 g/mol. The van der Waals surface area contributed by atoms with Gasteiger partial charge in [-0.05, 0) is 48.7 Å². The summed E-state index contributed by atoms with van der Waals surface area (Å²) >= 11 is 14.2. The van der Waals surface area contributed by atoms with E-state index >= 15 is 0 Å². The number of rotatable bonds is 12. The molecule has 3 rings (SSSR count). The number of nitrogens with zero attached hydrogens (tertiary/aromatic N) is 1. The Labute approximate surface area is 228 Å². The van der Waals surface area contributed by atoms with Crippen molar-refractivity contribution in [2.75, 3.05) is 5.75 Å². The smallest absolute Gasteiger partial charge is 0.243 e. The highest BCUT2D eigenvalue weighted by Crippen LogP contribution is 2.25. The Balaban J connectivity index is 1.89. The largest absolute Gasteiger partial charge is 0.352 e. The van der Waals surface area contributed by atoms with E-state index in [0.717, 1.165) is 22.4 Å². The maximum atomic E-state index is 13.7. The molecule has 0 aromatic heterocycles. The van der Waals surface area contributed by atoms with Crippen LogP contribution in [0.4, 0.5) is 0 Å². The van der Waals surface area contributed by atoms with Crippen molar-refractivity contribution in [1.82, 2.24) is 10.2 Å². The zero-order valence-electron chi connectivity index (χ0n) is 20.6. The number of halogens is 2. The quantitative estimate of drug-likeness (QED) is 0.250. The number of nitrogens with one attached hydrogen (secondary N) is 1. The van der Waals surface area contributed by atoms with E-state index in [0.29, 0.717) is 28.6 Å². The molecule has 3 aromatic rings. The van der Waals surface area contributed by atoms with Crippen LogP contribution in [0, 0.1) is 0 Å². The Kier molecular flexibility index (Phi) is 11.2. The second kappa shape index (κ2) is 14.3. The van der Waals surface area contributed by atoms with Gasteiger partial charge in [-0.3, -0.25) is 9.59 Å². The fraction of sp³-hybridized carbons (Fsp3) is 0.310. The number of benzene rings is 3. The molecule has 0 fully saturated rings. The van der Waals surface area contributed by atoms with Gasteiger partial charge in [-0.1, -0.05) is 84.7 Å². The first-order chi connectivity index (χ1) is 17.4. The lowest BCUT2D eigenvalue weighted by Crippen LogP contribution is -2.52. The Bertz CT molecular complexity index is 1130. The number of carbonyl (C=O) groups is 2. The highest BCUT2D eigenvalue weighted by Gasteiger charge is 2.31. The van der Waals surface area contributed by atoms with Crippen molar-refractivity contribution in [2.24, 2.45) is 0 Å². The van der Waals surface area contributed by atoms with E-state index in [1.165, 1.54) is 0 Å². The van der Waals surface area contributed by atoms with Gasteiger partial charge in [-0.15, -0.1) is 11.8 Å². The van der Waals surface area contributed by atoms with Crippen LogP contribution in [0.15, 0.2) is 83.8 Å². The van der Waals surface area contributed by atoms with Crippen LogP contribution in [0.5, 0.6) is 0 Å². The van der Waals surface area contributed by atoms with Gasteiger partial charge in [0.1, 0.15) is 6.04 Å². The number of amides is 2. The Morgan fingerprint density at radius 3 is 2.28 bits per heavy atom. The van der Waals surface area contributed by atoms with Gasteiger partial charge < -0.3 is 10.2 Å². The highest BCUT2D eigenvalue weighted by atomic mass is 35.5. The van der Waals surface area contributed by atoms with Crippen LogP contribution in [-0.2, 0) is 22.6 Å². The van der Waals surface area contributed by atoms with E-state index in [2.05, 4.69) is 5.32 Å². The summed E-state index contributed by atoms with van der Waals surface area (Å²) in [5, 5.41) is 4.08. The molecule has 190 valence electrons. The summed E-state index contributed by atoms with van der Waals surface area (Å²) in [6.45, 7) is 4.21. The van der Waals surface area contributed by atoms with Gasteiger partial charge in [0.05, 0.1) is 0 Å². The Hall–Kier alpha value is -2.47. The molecule has 0 aliphatic rings. The van der Waals surface area contributed by atoms with Crippen LogP contribution in [0.2, 0.25) is 10.0 Å². The second-order valence-corrected chi connectivity index (χ2v) is 10.7. The van der Waals surface area contributed by atoms with Crippen molar-refractivity contribution >= 4 is 46.8 Å². The molecule has 0 heterocycles. The molecule has 1 N–H and O–H groups in total. The zero-order valence-corrected chi connectivity index (χ0v) is 23.0. The van der Waals surface area contributed by atoms with Gasteiger partial charge in [-0.25, -0.2) is 0 Å². The van der Waals surface area contributed by atoms with Crippen molar-refractivity contribution in [3.63, 3.8) is 0 Å². The van der Waals surface area contributed by atoms with Crippen LogP contribution < -0.4 is 5.32 Å². The van der Waals surface area contributed by atoms with E-state index in [-0.39, 0.29) is 24.4 Å². The summed E-state index contributed by atoms with van der Waals surface area (Å²) in [7, 11) is 0. The molecular formula is C29H32Cl2N2O2S. The molecule has 0 radical (unpaired) electrons. The predicted molar refractivity (Wildman–Crippen MR) is 151 cm³/mol. The summed E-state index contributed by atoms with van der Waals surface area (Å²) in [6, 6.07) is 24.3. The average molecular weight is 544 g/mol. The molecule has 0 saturated heterocycles. The molecule has 0 unspecified atom stereocenters. The third-order valence-corrected chi connectivity index (χ3v) is 7.56. The molecule has 7 heteroatoms. The Morgan fingerprint density at radius 2 is 1.64 bits per heavy atom. The van der Waals surface area contributed by atoms with Crippen LogP contribution in [-0.4, -0.2) is 34.6 Å². The maximum Gasteiger partial charge on any atom is 0.243 e. The van der Waals surface area contributed by atoms with Gasteiger partial charge in [0.15, 0.2) is 0 Å². The first-order valence-electron chi connectivity index (χ1n) is 12.1. The van der Waals surface area contributed by atoms with Crippen LogP contribution in [0.3, 0.4) is 0 Å². The molecule has 2 atom stereocenters. The number of hydrogen-bond donors (Lipinski definition) is 1. The second-order valence-electron chi connectivity index (χ2n) is 8.69. The first-order valence-corrected chi connectivity index (χ1v) is 13.9. The van der Waals surface area contributed by atoms with E-state index in [4.69, 9.17) is 23.2 Å². The standard InChI is InChI=1S/C29H32Cl2N2O2S/c1-3-21(2)32-29(35)27(18-22-10-6-4-7-11-22)33(20-23-14-15-24(30)19-26(23)31)28(34)16-17-36-25-12-8-5-9-13-25/h4-15,19,21,27H,3,16-18,20H2,1-2H3,(H,32,35)/t21-,27+/m1/s1. The summed E-state index contributed by atoms with van der Waals surface area (Å²) in [5.41, 5.74) is 1.74. The number of hydrogen-bond acceptors (Lipinski definition) is 3. The van der Waals surface area contributed by atoms with Gasteiger partial charge in [0.2, 0.25) is 11.8 Å². The van der Waals surface area contributed by atoms with Crippen LogP contribution >= 0.6 is 35.0 Å². The van der Waals surface area contributed by atoms with E-state index < -0.39 is 6.04 Å². The van der Waals surface area contributed by atoms with Gasteiger partial charge in [0.25, 0.3) is 0 Å². The molecule has 4 nitrogen and oxygen atoms in total. The number of thioether (sulfide) groups is 1. The molecule has 36 heavy (non-hydrogen) atoms. The normalized spacial score (nSPS) is 12.6. The minimum absolute atomic E-state index is 0.000446. The molecule has 0 bridgehead atoms. The molecule has 3 aromatic carbocycles. The van der Waals surface area contributed by atoms with Crippen molar-refractivity contribution in [2.45, 2.75) is 56.6 Å².